The summed E-state index contributed by atoms with van der Waals surface area (Å²) in [4.78, 5) is 30.2. The molecule has 6 nitrogen and oxygen atoms in total. The zero-order valence-corrected chi connectivity index (χ0v) is 14.8. The van der Waals surface area contributed by atoms with Crippen LogP contribution in [-0.4, -0.2) is 46.5 Å². The van der Waals surface area contributed by atoms with Crippen molar-refractivity contribution < 1.29 is 9.53 Å². The van der Waals surface area contributed by atoms with Gasteiger partial charge in [-0.1, -0.05) is 22.9 Å². The Morgan fingerprint density at radius 1 is 1.33 bits per heavy atom. The smallest absolute Gasteiger partial charge is 0.267 e. The predicted octanol–water partition coefficient (Wildman–Crippen LogP) is 2.70. The largest absolute Gasteiger partial charge is 0.378 e. The van der Waals surface area contributed by atoms with Crippen molar-refractivity contribution >= 4 is 57.6 Å². The van der Waals surface area contributed by atoms with Gasteiger partial charge in [0.25, 0.3) is 11.5 Å². The molecule has 1 aliphatic heterocycles. The number of ether oxygens (including phenoxy) is 1. The maximum atomic E-state index is 12.8. The van der Waals surface area contributed by atoms with Crippen molar-refractivity contribution in [3.05, 3.63) is 42.4 Å². The van der Waals surface area contributed by atoms with Gasteiger partial charge in [0.1, 0.15) is 10.5 Å². The molecular formula is C15H12ClN3O3S2. The molecule has 0 spiro atoms. The van der Waals surface area contributed by atoms with Crippen LogP contribution < -0.4 is 5.56 Å². The number of hydrogen-bond acceptors (Lipinski definition) is 5. The number of benzene rings is 1. The SMILES string of the molecule is O=C(c1sc(=S)n2c1[nH]c(=O)c1cc(Cl)ccc12)N1CCOCC1. The Kier molecular flexibility index (Phi) is 3.92. The zero-order chi connectivity index (χ0) is 16.8. The summed E-state index contributed by atoms with van der Waals surface area (Å²) in [6.07, 6.45) is 0. The molecule has 1 aromatic carbocycles. The van der Waals surface area contributed by atoms with Gasteiger partial charge in [0.2, 0.25) is 0 Å². The fourth-order valence-electron chi connectivity index (χ4n) is 2.82. The van der Waals surface area contributed by atoms with Crippen molar-refractivity contribution in [3.63, 3.8) is 0 Å². The first-order valence-electron chi connectivity index (χ1n) is 7.30. The summed E-state index contributed by atoms with van der Waals surface area (Å²) < 4.78 is 7.51. The highest BCUT2D eigenvalue weighted by molar-refractivity contribution is 7.73. The van der Waals surface area contributed by atoms with Crippen LogP contribution in [0.1, 0.15) is 9.67 Å². The van der Waals surface area contributed by atoms with Gasteiger partial charge in [-0.3, -0.25) is 14.0 Å². The lowest BCUT2D eigenvalue weighted by Gasteiger charge is -2.26. The summed E-state index contributed by atoms with van der Waals surface area (Å²) in [5.74, 6) is -0.138. The van der Waals surface area contributed by atoms with Gasteiger partial charge in [0, 0.05) is 18.1 Å². The molecule has 0 radical (unpaired) electrons. The second-order valence-corrected chi connectivity index (χ2v) is 7.48. The number of aromatic nitrogens is 2. The Bertz CT molecular complexity index is 1080. The van der Waals surface area contributed by atoms with Gasteiger partial charge in [-0.05, 0) is 30.4 Å². The summed E-state index contributed by atoms with van der Waals surface area (Å²) in [6.45, 7) is 2.09. The van der Waals surface area contributed by atoms with E-state index >= 15 is 0 Å². The molecule has 1 fully saturated rings. The minimum Gasteiger partial charge on any atom is -0.378 e. The molecule has 1 saturated heterocycles. The lowest BCUT2D eigenvalue weighted by atomic mass is 10.2. The van der Waals surface area contributed by atoms with E-state index in [1.807, 2.05) is 0 Å². The quantitative estimate of drug-likeness (QED) is 0.658. The number of halogens is 1. The van der Waals surface area contributed by atoms with E-state index < -0.39 is 0 Å². The van der Waals surface area contributed by atoms with E-state index in [2.05, 4.69) is 4.98 Å². The maximum Gasteiger partial charge on any atom is 0.267 e. The van der Waals surface area contributed by atoms with Gasteiger partial charge < -0.3 is 14.6 Å². The first-order valence-corrected chi connectivity index (χ1v) is 8.90. The molecule has 9 heteroatoms. The maximum absolute atomic E-state index is 12.8. The van der Waals surface area contributed by atoms with Crippen molar-refractivity contribution in [2.24, 2.45) is 0 Å². The first-order chi connectivity index (χ1) is 11.6. The molecule has 3 aromatic rings. The van der Waals surface area contributed by atoms with E-state index in [4.69, 9.17) is 28.6 Å². The molecule has 0 bridgehead atoms. The van der Waals surface area contributed by atoms with Crippen LogP contribution in [0.5, 0.6) is 0 Å². The summed E-state index contributed by atoms with van der Waals surface area (Å²) in [7, 11) is 0. The predicted molar refractivity (Wildman–Crippen MR) is 96.0 cm³/mol. The summed E-state index contributed by atoms with van der Waals surface area (Å²) in [5.41, 5.74) is 0.776. The summed E-state index contributed by atoms with van der Waals surface area (Å²) in [6, 6.07) is 5.04. The lowest BCUT2D eigenvalue weighted by molar-refractivity contribution is 0.0307. The van der Waals surface area contributed by atoms with Crippen molar-refractivity contribution in [1.29, 1.82) is 0 Å². The number of aromatic amines is 1. The molecule has 0 atom stereocenters. The van der Waals surface area contributed by atoms with Gasteiger partial charge in [0.05, 0.1) is 24.1 Å². The van der Waals surface area contributed by atoms with Crippen molar-refractivity contribution in [2.45, 2.75) is 0 Å². The van der Waals surface area contributed by atoms with Gasteiger partial charge >= 0.3 is 0 Å². The summed E-state index contributed by atoms with van der Waals surface area (Å²) in [5, 5.41) is 0.910. The second-order valence-electron chi connectivity index (χ2n) is 5.40. The number of amides is 1. The molecule has 1 amide bonds. The monoisotopic (exact) mass is 381 g/mol. The normalized spacial score (nSPS) is 15.3. The third-order valence-corrected chi connectivity index (χ3v) is 5.58. The molecular weight excluding hydrogens is 370 g/mol. The number of thiazole rings is 1. The highest BCUT2D eigenvalue weighted by Gasteiger charge is 2.24. The van der Waals surface area contributed by atoms with Crippen LogP contribution in [0.3, 0.4) is 0 Å². The molecule has 0 unspecified atom stereocenters. The van der Waals surface area contributed by atoms with Gasteiger partial charge in [-0.15, -0.1) is 0 Å². The van der Waals surface area contributed by atoms with E-state index in [0.717, 1.165) is 0 Å². The molecule has 0 aliphatic carbocycles. The minimum absolute atomic E-state index is 0.138. The molecule has 2 aromatic heterocycles. The third-order valence-electron chi connectivity index (χ3n) is 3.98. The second kappa shape index (κ2) is 5.96. The standard InChI is InChI=1S/C15H12ClN3O3S2/c16-8-1-2-10-9(7-8)13(20)17-12-11(24-15(23)19(10)12)14(21)18-3-5-22-6-4-18/h1-2,7H,3-6H2,(H,17,20). The topological polar surface area (TPSA) is 66.8 Å². The first kappa shape index (κ1) is 15.8. The van der Waals surface area contributed by atoms with E-state index in [0.29, 0.717) is 56.7 Å². The number of nitrogens with zero attached hydrogens (tertiary/aromatic N) is 2. The number of rotatable bonds is 1. The number of nitrogens with one attached hydrogen (secondary N) is 1. The van der Waals surface area contributed by atoms with Gasteiger partial charge in [-0.2, -0.15) is 0 Å². The van der Waals surface area contributed by atoms with Crippen molar-refractivity contribution in [1.82, 2.24) is 14.3 Å². The van der Waals surface area contributed by atoms with Crippen LogP contribution in [0.15, 0.2) is 23.0 Å². The third kappa shape index (κ3) is 2.46. The Morgan fingerprint density at radius 3 is 2.83 bits per heavy atom. The Morgan fingerprint density at radius 2 is 2.08 bits per heavy atom. The molecule has 1 N–H and O–H groups in total. The fraction of sp³-hybridized carbons (Fsp3) is 0.267. The molecule has 24 heavy (non-hydrogen) atoms. The average molecular weight is 382 g/mol. The summed E-state index contributed by atoms with van der Waals surface area (Å²) >= 11 is 12.6. The minimum atomic E-state index is -0.295. The van der Waals surface area contributed by atoms with Gasteiger partial charge in [-0.25, -0.2) is 0 Å². The number of H-pyrrole nitrogens is 1. The Hall–Kier alpha value is -1.74. The molecule has 0 saturated carbocycles. The number of carbonyl (C=O) groups excluding carboxylic acids is 1. The van der Waals surface area contributed by atoms with Crippen LogP contribution >= 0.6 is 35.2 Å². The number of fused-ring (bicyclic) bond motifs is 3. The molecule has 1 aliphatic rings. The van der Waals surface area contributed by atoms with Crippen LogP contribution in [-0.2, 0) is 4.74 Å². The highest BCUT2D eigenvalue weighted by Crippen LogP contribution is 2.25. The van der Waals surface area contributed by atoms with Crippen LogP contribution in [0.2, 0.25) is 5.02 Å². The molecule has 4 rings (SSSR count). The number of hydrogen-bond donors (Lipinski definition) is 1. The van der Waals surface area contributed by atoms with Crippen LogP contribution in [0.4, 0.5) is 0 Å². The lowest BCUT2D eigenvalue weighted by Crippen LogP contribution is -2.40. The van der Waals surface area contributed by atoms with E-state index in [-0.39, 0.29) is 11.5 Å². The Balaban J connectivity index is 1.97. The van der Waals surface area contributed by atoms with Crippen molar-refractivity contribution in [2.75, 3.05) is 26.3 Å². The molecule has 3 heterocycles. The molecule has 124 valence electrons. The Labute approximate surface area is 150 Å². The highest BCUT2D eigenvalue weighted by atomic mass is 35.5. The van der Waals surface area contributed by atoms with E-state index in [1.165, 1.54) is 11.3 Å². The van der Waals surface area contributed by atoms with Crippen LogP contribution in [0, 0.1) is 3.95 Å². The van der Waals surface area contributed by atoms with E-state index in [9.17, 15) is 9.59 Å². The number of morpholine rings is 1. The van der Waals surface area contributed by atoms with E-state index in [1.54, 1.807) is 27.5 Å². The average Bonchev–Trinajstić information content (AvgIpc) is 2.92. The van der Waals surface area contributed by atoms with Crippen LogP contribution in [0.25, 0.3) is 16.6 Å². The van der Waals surface area contributed by atoms with Gasteiger partial charge in [0.15, 0.2) is 3.95 Å². The van der Waals surface area contributed by atoms with Crippen molar-refractivity contribution in [3.8, 4) is 0 Å². The zero-order valence-electron chi connectivity index (χ0n) is 12.4. The fourth-order valence-corrected chi connectivity index (χ4v) is 4.34. The number of carbonyl (C=O) groups is 1.